The van der Waals surface area contributed by atoms with Crippen LogP contribution in [0.2, 0.25) is 0 Å². The Morgan fingerprint density at radius 1 is 1.29 bits per heavy atom. The number of ether oxygens (including phenoxy) is 1. The van der Waals surface area contributed by atoms with Crippen molar-refractivity contribution < 1.29 is 9.53 Å². The number of methoxy groups -OCH3 is 1. The van der Waals surface area contributed by atoms with Gasteiger partial charge >= 0.3 is 0 Å². The van der Waals surface area contributed by atoms with E-state index in [1.165, 1.54) is 5.56 Å². The van der Waals surface area contributed by atoms with Crippen molar-refractivity contribution in [3.63, 3.8) is 0 Å². The summed E-state index contributed by atoms with van der Waals surface area (Å²) in [6.07, 6.45) is 0.970. The molecule has 0 bridgehead atoms. The highest BCUT2D eigenvalue weighted by Gasteiger charge is 2.16. The van der Waals surface area contributed by atoms with Gasteiger partial charge in [0.2, 0.25) is 0 Å². The molecule has 1 amide bonds. The molecule has 6 heteroatoms. The second-order valence-electron chi connectivity index (χ2n) is 5.64. The van der Waals surface area contributed by atoms with Crippen molar-refractivity contribution in [2.24, 2.45) is 0 Å². The van der Waals surface area contributed by atoms with Gasteiger partial charge in [-0.3, -0.25) is 4.79 Å². The van der Waals surface area contributed by atoms with E-state index >= 15 is 0 Å². The summed E-state index contributed by atoms with van der Waals surface area (Å²) in [6.45, 7) is 2.91. The fraction of sp³-hybridized carbons (Fsp3) is 0.278. The lowest BCUT2D eigenvalue weighted by molar-refractivity contribution is 0.0940. The minimum atomic E-state index is -0.0870. The fourth-order valence-corrected chi connectivity index (χ4v) is 3.32. The summed E-state index contributed by atoms with van der Waals surface area (Å²) in [4.78, 5) is 12.5. The summed E-state index contributed by atoms with van der Waals surface area (Å²) >= 11 is 3.48. The van der Waals surface area contributed by atoms with Crippen molar-refractivity contribution in [2.45, 2.75) is 19.4 Å². The molecule has 0 radical (unpaired) electrons. The second kappa shape index (κ2) is 7.90. The second-order valence-corrected chi connectivity index (χ2v) is 6.49. The van der Waals surface area contributed by atoms with Crippen LogP contribution < -0.4 is 15.4 Å². The number of anilines is 1. The molecule has 0 aliphatic carbocycles. The lowest BCUT2D eigenvalue weighted by Crippen LogP contribution is -2.26. The highest BCUT2D eigenvalue weighted by atomic mass is 79.9. The number of halogens is 2. The van der Waals surface area contributed by atoms with Crippen LogP contribution in [-0.2, 0) is 6.42 Å². The molecule has 2 aromatic carbocycles. The van der Waals surface area contributed by atoms with Crippen LogP contribution in [0, 0.1) is 0 Å². The third-order valence-electron chi connectivity index (χ3n) is 4.10. The van der Waals surface area contributed by atoms with Gasteiger partial charge in [-0.25, -0.2) is 0 Å². The quantitative estimate of drug-likeness (QED) is 0.787. The number of amides is 1. The number of carbonyl (C=O) groups is 1. The number of hydrogen-bond acceptors (Lipinski definition) is 3. The lowest BCUT2D eigenvalue weighted by atomic mass is 10.1. The minimum Gasteiger partial charge on any atom is -0.496 e. The van der Waals surface area contributed by atoms with Gasteiger partial charge in [0.25, 0.3) is 5.91 Å². The van der Waals surface area contributed by atoms with Crippen LogP contribution in [-0.4, -0.2) is 19.6 Å². The molecule has 3 rings (SSSR count). The summed E-state index contributed by atoms with van der Waals surface area (Å²) in [5.74, 6) is 0.720. The van der Waals surface area contributed by atoms with Crippen molar-refractivity contribution in [1.29, 1.82) is 0 Å². The number of carbonyl (C=O) groups excluding carboxylic acids is 1. The molecule has 2 N–H and O–H groups in total. The van der Waals surface area contributed by atoms with E-state index in [2.05, 4.69) is 26.6 Å². The summed E-state index contributed by atoms with van der Waals surface area (Å²) in [5, 5.41) is 6.35. The van der Waals surface area contributed by atoms with Crippen LogP contribution >= 0.6 is 28.3 Å². The van der Waals surface area contributed by atoms with Crippen LogP contribution in [0.3, 0.4) is 0 Å². The molecule has 0 aromatic heterocycles. The van der Waals surface area contributed by atoms with Gasteiger partial charge in [0.05, 0.1) is 17.6 Å². The van der Waals surface area contributed by atoms with E-state index in [9.17, 15) is 4.79 Å². The van der Waals surface area contributed by atoms with Crippen LogP contribution in [0.4, 0.5) is 5.69 Å². The van der Waals surface area contributed by atoms with E-state index in [4.69, 9.17) is 4.74 Å². The number of benzene rings is 2. The summed E-state index contributed by atoms with van der Waals surface area (Å²) in [5.41, 5.74) is 4.06. The van der Waals surface area contributed by atoms with Crippen molar-refractivity contribution in [3.8, 4) is 5.75 Å². The van der Waals surface area contributed by atoms with E-state index in [0.29, 0.717) is 5.56 Å². The fourth-order valence-electron chi connectivity index (χ4n) is 2.76. The molecular weight excluding hydrogens is 392 g/mol. The molecule has 1 aliphatic heterocycles. The van der Waals surface area contributed by atoms with Gasteiger partial charge in [0.1, 0.15) is 5.75 Å². The van der Waals surface area contributed by atoms with Gasteiger partial charge in [-0.05, 0) is 70.7 Å². The minimum absolute atomic E-state index is 0. The average molecular weight is 412 g/mol. The molecule has 0 saturated heterocycles. The molecule has 4 nitrogen and oxygen atoms in total. The smallest absolute Gasteiger partial charge is 0.251 e. The van der Waals surface area contributed by atoms with Gasteiger partial charge in [-0.1, -0.05) is 6.07 Å². The van der Waals surface area contributed by atoms with Crippen molar-refractivity contribution in [2.75, 3.05) is 19.0 Å². The summed E-state index contributed by atoms with van der Waals surface area (Å²) in [6, 6.07) is 11.5. The molecule has 1 aliphatic rings. The Hall–Kier alpha value is -1.72. The van der Waals surface area contributed by atoms with E-state index < -0.39 is 0 Å². The first-order chi connectivity index (χ1) is 11.1. The Labute approximate surface area is 156 Å². The highest BCUT2D eigenvalue weighted by Crippen LogP contribution is 2.28. The number of nitrogens with one attached hydrogen (secondary N) is 2. The molecule has 0 saturated carbocycles. The van der Waals surface area contributed by atoms with E-state index in [-0.39, 0.29) is 24.4 Å². The molecule has 24 heavy (non-hydrogen) atoms. The van der Waals surface area contributed by atoms with Gasteiger partial charge in [0, 0.05) is 17.8 Å². The Morgan fingerprint density at radius 2 is 2.08 bits per heavy atom. The maximum atomic E-state index is 12.5. The molecule has 1 atom stereocenters. The number of fused-ring (bicyclic) bond motifs is 1. The Kier molecular flexibility index (Phi) is 6.13. The molecule has 0 fully saturated rings. The monoisotopic (exact) mass is 410 g/mol. The number of rotatable bonds is 4. The molecule has 2 aromatic rings. The third-order valence-corrected chi connectivity index (χ3v) is 4.72. The summed E-state index contributed by atoms with van der Waals surface area (Å²) in [7, 11) is 1.63. The first kappa shape index (κ1) is 18.6. The van der Waals surface area contributed by atoms with Crippen LogP contribution in [0.15, 0.2) is 40.9 Å². The Balaban J connectivity index is 0.00000208. The van der Waals surface area contributed by atoms with Crippen molar-refractivity contribution in [3.05, 3.63) is 57.6 Å². The van der Waals surface area contributed by atoms with Gasteiger partial charge in [-0.2, -0.15) is 0 Å². The standard InChI is InChI=1S/C18H19BrN2O2.ClH/c1-11(12-4-6-17(23-2)15(19)10-12)21-18(22)14-3-5-16-13(9-14)7-8-20-16;/h3-6,9-11,20H,7-8H2,1-2H3,(H,21,22);1H. The van der Waals surface area contributed by atoms with Crippen molar-refractivity contribution in [1.82, 2.24) is 5.32 Å². The van der Waals surface area contributed by atoms with Gasteiger partial charge in [-0.15, -0.1) is 12.4 Å². The maximum Gasteiger partial charge on any atom is 0.251 e. The molecule has 0 spiro atoms. The topological polar surface area (TPSA) is 50.4 Å². The molecule has 128 valence electrons. The zero-order valence-electron chi connectivity index (χ0n) is 13.6. The predicted octanol–water partition coefficient (Wildman–Crippen LogP) is 4.34. The molecular formula is C18H20BrClN2O2. The molecule has 1 unspecified atom stereocenters. The number of hydrogen-bond donors (Lipinski definition) is 2. The first-order valence-corrected chi connectivity index (χ1v) is 8.39. The first-order valence-electron chi connectivity index (χ1n) is 7.59. The predicted molar refractivity (Wildman–Crippen MR) is 102 cm³/mol. The van der Waals surface area contributed by atoms with Crippen LogP contribution in [0.25, 0.3) is 0 Å². The van der Waals surface area contributed by atoms with Crippen LogP contribution in [0.1, 0.15) is 34.5 Å². The molecule has 1 heterocycles. The Morgan fingerprint density at radius 3 is 2.79 bits per heavy atom. The largest absolute Gasteiger partial charge is 0.496 e. The zero-order valence-corrected chi connectivity index (χ0v) is 16.0. The Bertz CT molecular complexity index is 752. The normalized spacial score (nSPS) is 13.3. The maximum absolute atomic E-state index is 12.5. The zero-order chi connectivity index (χ0) is 16.4. The van der Waals surface area contributed by atoms with Gasteiger partial charge < -0.3 is 15.4 Å². The average Bonchev–Trinajstić information content (AvgIpc) is 3.02. The highest BCUT2D eigenvalue weighted by molar-refractivity contribution is 9.10. The van der Waals surface area contributed by atoms with Gasteiger partial charge in [0.15, 0.2) is 0 Å². The third kappa shape index (κ3) is 3.84. The van der Waals surface area contributed by atoms with E-state index in [1.54, 1.807) is 7.11 Å². The summed E-state index contributed by atoms with van der Waals surface area (Å²) < 4.78 is 6.11. The van der Waals surface area contributed by atoms with E-state index in [1.807, 2.05) is 43.3 Å². The van der Waals surface area contributed by atoms with Crippen molar-refractivity contribution >= 4 is 39.9 Å². The lowest BCUT2D eigenvalue weighted by Gasteiger charge is -2.16. The van der Waals surface area contributed by atoms with E-state index in [0.717, 1.165) is 34.4 Å². The SMILES string of the molecule is COc1ccc(C(C)NC(=O)c2ccc3c(c2)CCN3)cc1Br.Cl. The van der Waals surface area contributed by atoms with Crippen LogP contribution in [0.5, 0.6) is 5.75 Å².